The third-order valence-corrected chi connectivity index (χ3v) is 5.34. The van der Waals surface area contributed by atoms with E-state index in [-0.39, 0.29) is 5.78 Å². The Hall–Kier alpha value is -3.43. The van der Waals surface area contributed by atoms with E-state index in [0.29, 0.717) is 11.1 Å². The molecule has 0 radical (unpaired) electrons. The summed E-state index contributed by atoms with van der Waals surface area (Å²) < 4.78 is 5.16. The van der Waals surface area contributed by atoms with Crippen molar-refractivity contribution in [3.05, 3.63) is 113 Å². The monoisotopic (exact) mass is 395 g/mol. The van der Waals surface area contributed by atoms with E-state index in [1.165, 1.54) is 21.9 Å². The lowest BCUT2D eigenvalue weighted by Crippen LogP contribution is -2.17. The predicted molar refractivity (Wildman–Crippen MR) is 122 cm³/mol. The van der Waals surface area contributed by atoms with Crippen molar-refractivity contribution in [2.45, 2.75) is 13.1 Å². The summed E-state index contributed by atoms with van der Waals surface area (Å²) in [6, 6.07) is 30.1. The van der Waals surface area contributed by atoms with Crippen molar-refractivity contribution in [2.24, 2.45) is 0 Å². The molecule has 0 aliphatic carbocycles. The second-order valence-electron chi connectivity index (χ2n) is 7.57. The van der Waals surface area contributed by atoms with Crippen LogP contribution in [0.4, 0.5) is 0 Å². The Bertz CT molecular complexity index is 1140. The molecule has 0 unspecified atom stereocenters. The summed E-state index contributed by atoms with van der Waals surface area (Å²) in [6.45, 7) is 1.69. The second kappa shape index (κ2) is 8.93. The number of rotatable bonds is 7. The van der Waals surface area contributed by atoms with E-state index >= 15 is 0 Å². The Labute approximate surface area is 177 Å². The van der Waals surface area contributed by atoms with Crippen molar-refractivity contribution >= 4 is 16.6 Å². The molecule has 0 saturated heterocycles. The maximum atomic E-state index is 12.7. The molecule has 0 amide bonds. The van der Waals surface area contributed by atoms with Gasteiger partial charge >= 0.3 is 0 Å². The molecular formula is C27H25NO2. The van der Waals surface area contributed by atoms with Crippen LogP contribution in [0.15, 0.2) is 91.0 Å². The van der Waals surface area contributed by atoms with E-state index in [4.69, 9.17) is 4.74 Å². The standard InChI is InChI=1S/C27H25NO2/c1-28(19-24-8-5-7-21-6-3-4-9-26(21)24)18-20-10-12-22(13-11-20)27(29)23-14-16-25(30-2)17-15-23/h3-17H,18-19H2,1-2H3. The van der Waals surface area contributed by atoms with Gasteiger partial charge in [-0.3, -0.25) is 9.69 Å². The molecule has 0 heterocycles. The highest BCUT2D eigenvalue weighted by atomic mass is 16.5. The molecule has 150 valence electrons. The average molecular weight is 396 g/mol. The minimum absolute atomic E-state index is 0.0216. The van der Waals surface area contributed by atoms with Crippen LogP contribution < -0.4 is 4.74 Å². The van der Waals surface area contributed by atoms with Crippen molar-refractivity contribution in [3.63, 3.8) is 0 Å². The Balaban J connectivity index is 1.43. The van der Waals surface area contributed by atoms with E-state index < -0.39 is 0 Å². The molecule has 0 N–H and O–H groups in total. The van der Waals surface area contributed by atoms with Crippen LogP contribution in [-0.2, 0) is 13.1 Å². The fraction of sp³-hybridized carbons (Fsp3) is 0.148. The Morgan fingerprint density at radius 1 is 0.767 bits per heavy atom. The first-order chi connectivity index (χ1) is 14.6. The summed E-state index contributed by atoms with van der Waals surface area (Å²) in [7, 11) is 3.74. The van der Waals surface area contributed by atoms with Crippen molar-refractivity contribution in [1.29, 1.82) is 0 Å². The highest BCUT2D eigenvalue weighted by Crippen LogP contribution is 2.21. The molecule has 0 spiro atoms. The highest BCUT2D eigenvalue weighted by molar-refractivity contribution is 6.09. The van der Waals surface area contributed by atoms with Crippen LogP contribution in [0.5, 0.6) is 5.75 Å². The van der Waals surface area contributed by atoms with Gasteiger partial charge in [-0.2, -0.15) is 0 Å². The van der Waals surface area contributed by atoms with Crippen molar-refractivity contribution in [2.75, 3.05) is 14.2 Å². The highest BCUT2D eigenvalue weighted by Gasteiger charge is 2.10. The SMILES string of the molecule is COc1ccc(C(=O)c2ccc(CN(C)Cc3cccc4ccccc34)cc2)cc1. The fourth-order valence-electron chi connectivity index (χ4n) is 3.76. The van der Waals surface area contributed by atoms with Gasteiger partial charge in [0, 0.05) is 24.2 Å². The minimum Gasteiger partial charge on any atom is -0.497 e. The Morgan fingerprint density at radius 3 is 2.10 bits per heavy atom. The summed E-state index contributed by atoms with van der Waals surface area (Å²) in [4.78, 5) is 15.0. The topological polar surface area (TPSA) is 29.5 Å². The predicted octanol–water partition coefficient (Wildman–Crippen LogP) is 5.71. The van der Waals surface area contributed by atoms with Crippen LogP contribution in [0, 0.1) is 0 Å². The first-order valence-corrected chi connectivity index (χ1v) is 10.1. The fourth-order valence-corrected chi connectivity index (χ4v) is 3.76. The zero-order chi connectivity index (χ0) is 20.9. The zero-order valence-corrected chi connectivity index (χ0v) is 17.3. The molecule has 0 fully saturated rings. The lowest BCUT2D eigenvalue weighted by atomic mass is 10.0. The van der Waals surface area contributed by atoms with E-state index in [0.717, 1.165) is 18.8 Å². The Kier molecular flexibility index (Phi) is 5.92. The maximum absolute atomic E-state index is 12.7. The number of benzene rings is 4. The molecule has 0 saturated carbocycles. The quantitative estimate of drug-likeness (QED) is 0.375. The Morgan fingerprint density at radius 2 is 1.40 bits per heavy atom. The van der Waals surface area contributed by atoms with Gasteiger partial charge in [-0.25, -0.2) is 0 Å². The van der Waals surface area contributed by atoms with E-state index in [2.05, 4.69) is 54.4 Å². The minimum atomic E-state index is 0.0216. The van der Waals surface area contributed by atoms with Crippen molar-refractivity contribution < 1.29 is 9.53 Å². The van der Waals surface area contributed by atoms with Crippen LogP contribution in [0.2, 0.25) is 0 Å². The second-order valence-corrected chi connectivity index (χ2v) is 7.57. The number of methoxy groups -OCH3 is 1. The van der Waals surface area contributed by atoms with Crippen molar-refractivity contribution in [1.82, 2.24) is 4.90 Å². The largest absolute Gasteiger partial charge is 0.497 e. The van der Waals surface area contributed by atoms with Crippen LogP contribution in [0.3, 0.4) is 0 Å². The molecular weight excluding hydrogens is 370 g/mol. The van der Waals surface area contributed by atoms with E-state index in [1.807, 2.05) is 36.4 Å². The molecule has 30 heavy (non-hydrogen) atoms. The molecule has 0 aliphatic heterocycles. The van der Waals surface area contributed by atoms with Gasteiger partial charge in [0.05, 0.1) is 7.11 Å². The number of carbonyl (C=O) groups is 1. The normalized spacial score (nSPS) is 11.0. The third kappa shape index (κ3) is 4.42. The summed E-state index contributed by atoms with van der Waals surface area (Å²) in [5.41, 5.74) is 3.86. The van der Waals surface area contributed by atoms with Crippen LogP contribution in [-0.4, -0.2) is 24.8 Å². The summed E-state index contributed by atoms with van der Waals surface area (Å²) in [5.74, 6) is 0.768. The van der Waals surface area contributed by atoms with E-state index in [1.54, 1.807) is 19.2 Å². The molecule has 0 atom stereocenters. The van der Waals surface area contributed by atoms with Gasteiger partial charge in [0.2, 0.25) is 0 Å². The lowest BCUT2D eigenvalue weighted by molar-refractivity contribution is 0.103. The van der Waals surface area contributed by atoms with E-state index in [9.17, 15) is 4.79 Å². The first kappa shape index (κ1) is 19.9. The number of nitrogens with zero attached hydrogens (tertiary/aromatic N) is 1. The molecule has 0 bridgehead atoms. The number of carbonyl (C=O) groups excluding carboxylic acids is 1. The summed E-state index contributed by atoms with van der Waals surface area (Å²) in [5, 5.41) is 2.57. The van der Waals surface area contributed by atoms with Gasteiger partial charge in [0.1, 0.15) is 5.75 Å². The first-order valence-electron chi connectivity index (χ1n) is 10.1. The molecule has 3 nitrogen and oxygen atoms in total. The lowest BCUT2D eigenvalue weighted by Gasteiger charge is -2.18. The van der Waals surface area contributed by atoms with Crippen LogP contribution in [0.1, 0.15) is 27.0 Å². The molecule has 3 heteroatoms. The summed E-state index contributed by atoms with van der Waals surface area (Å²) in [6.07, 6.45) is 0. The molecule has 4 aromatic carbocycles. The van der Waals surface area contributed by atoms with Crippen LogP contribution in [0.25, 0.3) is 10.8 Å². The van der Waals surface area contributed by atoms with Crippen LogP contribution >= 0.6 is 0 Å². The third-order valence-electron chi connectivity index (χ3n) is 5.34. The van der Waals surface area contributed by atoms with Gasteiger partial charge in [-0.1, -0.05) is 66.7 Å². The van der Waals surface area contributed by atoms with Gasteiger partial charge in [0.15, 0.2) is 5.78 Å². The van der Waals surface area contributed by atoms with Gasteiger partial charge in [0.25, 0.3) is 0 Å². The molecule has 0 aliphatic rings. The number of hydrogen-bond donors (Lipinski definition) is 0. The maximum Gasteiger partial charge on any atom is 0.193 e. The summed E-state index contributed by atoms with van der Waals surface area (Å²) >= 11 is 0. The number of fused-ring (bicyclic) bond motifs is 1. The zero-order valence-electron chi connectivity index (χ0n) is 17.3. The van der Waals surface area contributed by atoms with Gasteiger partial charge in [-0.05, 0) is 53.2 Å². The number of hydrogen-bond acceptors (Lipinski definition) is 3. The average Bonchev–Trinajstić information content (AvgIpc) is 2.79. The van der Waals surface area contributed by atoms with Gasteiger partial charge in [-0.15, -0.1) is 0 Å². The molecule has 4 rings (SSSR count). The molecule has 0 aromatic heterocycles. The molecule has 4 aromatic rings. The number of ketones is 1. The van der Waals surface area contributed by atoms with Crippen molar-refractivity contribution in [3.8, 4) is 5.75 Å². The van der Waals surface area contributed by atoms with Gasteiger partial charge < -0.3 is 4.74 Å². The smallest absolute Gasteiger partial charge is 0.193 e. The number of ether oxygens (including phenoxy) is 1.